The van der Waals surface area contributed by atoms with Crippen LogP contribution in [0.2, 0.25) is 0 Å². The summed E-state index contributed by atoms with van der Waals surface area (Å²) >= 11 is 1.50. The Labute approximate surface area is 130 Å². The van der Waals surface area contributed by atoms with Crippen molar-refractivity contribution in [2.24, 2.45) is 14.1 Å². The maximum atomic E-state index is 4.66. The van der Waals surface area contributed by atoms with Gasteiger partial charge in [-0.1, -0.05) is 11.3 Å². The van der Waals surface area contributed by atoms with Crippen molar-refractivity contribution in [3.63, 3.8) is 0 Å². The second-order valence-electron chi connectivity index (χ2n) is 5.22. The zero-order valence-corrected chi connectivity index (χ0v) is 13.5. The smallest absolute Gasteiger partial charge is 0.235 e. The summed E-state index contributed by atoms with van der Waals surface area (Å²) in [7, 11) is 3.79. The zero-order valence-electron chi connectivity index (χ0n) is 12.6. The van der Waals surface area contributed by atoms with Crippen LogP contribution < -0.4 is 0 Å². The van der Waals surface area contributed by atoms with Gasteiger partial charge in [0.1, 0.15) is 5.69 Å². The monoisotopic (exact) mass is 314 g/mol. The lowest BCUT2D eigenvalue weighted by Crippen LogP contribution is -1.98. The lowest BCUT2D eigenvalue weighted by atomic mass is 10.3. The Bertz CT molecular complexity index is 985. The molecule has 0 fully saturated rings. The molecule has 22 heavy (non-hydrogen) atoms. The molecule has 112 valence electrons. The minimum Gasteiger partial charge on any atom is -0.275 e. The Kier molecular flexibility index (Phi) is 2.67. The molecule has 4 rings (SSSR count). The van der Waals surface area contributed by atoms with E-state index in [1.807, 2.05) is 40.2 Å². The van der Waals surface area contributed by atoms with E-state index >= 15 is 0 Å². The molecular formula is C13H14N8S. The van der Waals surface area contributed by atoms with Gasteiger partial charge < -0.3 is 0 Å². The largest absolute Gasteiger partial charge is 0.275 e. The molecule has 4 aromatic rings. The highest BCUT2D eigenvalue weighted by Crippen LogP contribution is 2.29. The van der Waals surface area contributed by atoms with Gasteiger partial charge in [0.15, 0.2) is 5.01 Å². The van der Waals surface area contributed by atoms with E-state index in [1.54, 1.807) is 13.9 Å². The van der Waals surface area contributed by atoms with Crippen molar-refractivity contribution in [1.82, 2.24) is 39.4 Å². The fourth-order valence-electron chi connectivity index (χ4n) is 2.51. The molecule has 0 bridgehead atoms. The van der Waals surface area contributed by atoms with Crippen LogP contribution in [0.4, 0.5) is 0 Å². The van der Waals surface area contributed by atoms with Crippen molar-refractivity contribution >= 4 is 16.3 Å². The van der Waals surface area contributed by atoms with Crippen molar-refractivity contribution < 1.29 is 0 Å². The quantitative estimate of drug-likeness (QED) is 0.561. The number of fused-ring (bicyclic) bond motifs is 1. The van der Waals surface area contributed by atoms with E-state index in [1.165, 1.54) is 11.3 Å². The normalized spacial score (nSPS) is 11.6. The van der Waals surface area contributed by atoms with Crippen LogP contribution in [0.25, 0.3) is 27.1 Å². The number of hydrogen-bond donors (Lipinski definition) is 0. The second kappa shape index (κ2) is 4.47. The molecule has 0 N–H and O–H groups in total. The molecule has 9 heteroatoms. The van der Waals surface area contributed by atoms with Crippen LogP contribution in [0.5, 0.6) is 0 Å². The predicted octanol–water partition coefficient (Wildman–Crippen LogP) is 1.60. The van der Waals surface area contributed by atoms with Crippen LogP contribution in [-0.2, 0) is 14.1 Å². The molecule has 0 atom stereocenters. The summed E-state index contributed by atoms with van der Waals surface area (Å²) in [5.41, 5.74) is 3.80. The average molecular weight is 314 g/mol. The van der Waals surface area contributed by atoms with Crippen LogP contribution in [0.15, 0.2) is 12.3 Å². The highest BCUT2D eigenvalue weighted by molar-refractivity contribution is 7.19. The van der Waals surface area contributed by atoms with Crippen LogP contribution in [0.3, 0.4) is 0 Å². The summed E-state index contributed by atoms with van der Waals surface area (Å²) in [6.07, 6.45) is 1.97. The summed E-state index contributed by atoms with van der Waals surface area (Å²) in [6, 6.07) is 1.98. The Hall–Kier alpha value is -2.55. The van der Waals surface area contributed by atoms with E-state index in [0.29, 0.717) is 5.82 Å². The molecule has 0 radical (unpaired) electrons. The first-order chi connectivity index (χ1) is 10.5. The second-order valence-corrected chi connectivity index (χ2v) is 6.18. The Morgan fingerprint density at radius 2 is 1.86 bits per heavy atom. The van der Waals surface area contributed by atoms with Crippen LogP contribution in [-0.4, -0.2) is 39.4 Å². The molecule has 4 heterocycles. The molecule has 0 unspecified atom stereocenters. The highest BCUT2D eigenvalue weighted by Gasteiger charge is 2.19. The summed E-state index contributed by atoms with van der Waals surface area (Å²) in [5, 5.41) is 22.7. The molecule has 0 aromatic carbocycles. The van der Waals surface area contributed by atoms with Gasteiger partial charge in [-0.05, 0) is 19.9 Å². The van der Waals surface area contributed by atoms with Gasteiger partial charge >= 0.3 is 0 Å². The molecule has 0 aliphatic carbocycles. The van der Waals surface area contributed by atoms with Gasteiger partial charge in [-0.15, -0.1) is 10.2 Å². The van der Waals surface area contributed by atoms with Crippen molar-refractivity contribution in [3.8, 4) is 22.1 Å². The molecule has 0 spiro atoms. The Morgan fingerprint density at radius 1 is 1.05 bits per heavy atom. The minimum atomic E-state index is 0.696. The van der Waals surface area contributed by atoms with E-state index in [4.69, 9.17) is 0 Å². The first-order valence-electron chi connectivity index (χ1n) is 6.77. The number of rotatable bonds is 2. The third-order valence-corrected chi connectivity index (χ3v) is 4.40. The van der Waals surface area contributed by atoms with E-state index in [9.17, 15) is 0 Å². The van der Waals surface area contributed by atoms with Gasteiger partial charge in [-0.3, -0.25) is 9.36 Å². The topological polar surface area (TPSA) is 78.7 Å². The van der Waals surface area contributed by atoms with Gasteiger partial charge in [0.05, 0.1) is 17.0 Å². The minimum absolute atomic E-state index is 0.696. The van der Waals surface area contributed by atoms with Gasteiger partial charge in [0.2, 0.25) is 10.8 Å². The SMILES string of the molecule is Cc1cc(-c2nnc3sc(-c4cn(C)nc4C)nn23)n(C)n1. The first kappa shape index (κ1) is 13.1. The third kappa shape index (κ3) is 1.86. The van der Waals surface area contributed by atoms with Crippen molar-refractivity contribution in [2.75, 3.05) is 0 Å². The zero-order chi connectivity index (χ0) is 15.4. The summed E-state index contributed by atoms with van der Waals surface area (Å²) < 4.78 is 5.35. The fourth-order valence-corrected chi connectivity index (χ4v) is 3.42. The van der Waals surface area contributed by atoms with Gasteiger partial charge in [0, 0.05) is 20.3 Å². The molecule has 0 saturated heterocycles. The predicted molar refractivity (Wildman–Crippen MR) is 82.5 cm³/mol. The van der Waals surface area contributed by atoms with Crippen molar-refractivity contribution in [3.05, 3.63) is 23.7 Å². The van der Waals surface area contributed by atoms with E-state index in [2.05, 4.69) is 25.5 Å². The van der Waals surface area contributed by atoms with Crippen LogP contribution >= 0.6 is 11.3 Å². The van der Waals surface area contributed by atoms with Gasteiger partial charge in [-0.2, -0.15) is 19.8 Å². The molecule has 4 aromatic heterocycles. The number of aromatic nitrogens is 8. The summed E-state index contributed by atoms with van der Waals surface area (Å²) in [6.45, 7) is 3.93. The maximum Gasteiger partial charge on any atom is 0.235 e. The molecule has 8 nitrogen and oxygen atoms in total. The molecule has 0 aliphatic rings. The molecule has 0 amide bonds. The lowest BCUT2D eigenvalue weighted by molar-refractivity contribution is 0.754. The van der Waals surface area contributed by atoms with E-state index in [-0.39, 0.29) is 0 Å². The number of nitrogens with zero attached hydrogens (tertiary/aromatic N) is 8. The van der Waals surface area contributed by atoms with E-state index < -0.39 is 0 Å². The number of hydrogen-bond acceptors (Lipinski definition) is 6. The third-order valence-electron chi connectivity index (χ3n) is 3.47. The van der Waals surface area contributed by atoms with Crippen molar-refractivity contribution in [2.45, 2.75) is 13.8 Å². The van der Waals surface area contributed by atoms with Crippen molar-refractivity contribution in [1.29, 1.82) is 0 Å². The highest BCUT2D eigenvalue weighted by atomic mass is 32.1. The van der Waals surface area contributed by atoms with Crippen LogP contribution in [0, 0.1) is 13.8 Å². The Balaban J connectivity index is 1.89. The first-order valence-corrected chi connectivity index (χ1v) is 7.58. The standard InChI is InChI=1S/C13H14N8S/c1-7-5-10(20(4)16-7)11-14-15-13-21(11)18-12(22-13)9-6-19(3)17-8(9)2/h5-6H,1-4H3. The van der Waals surface area contributed by atoms with Gasteiger partial charge in [-0.25, -0.2) is 0 Å². The number of aryl methyl sites for hydroxylation is 4. The van der Waals surface area contributed by atoms with E-state index in [0.717, 1.165) is 32.6 Å². The molecule has 0 aliphatic heterocycles. The lowest BCUT2D eigenvalue weighted by Gasteiger charge is -1.96. The van der Waals surface area contributed by atoms with Crippen LogP contribution in [0.1, 0.15) is 11.4 Å². The average Bonchev–Trinajstić information content (AvgIpc) is 3.14. The molecular weight excluding hydrogens is 300 g/mol. The fraction of sp³-hybridized carbons (Fsp3) is 0.308. The maximum absolute atomic E-state index is 4.66. The summed E-state index contributed by atoms with van der Waals surface area (Å²) in [4.78, 5) is 0.757. The van der Waals surface area contributed by atoms with Gasteiger partial charge in [0.25, 0.3) is 0 Å². The Morgan fingerprint density at radius 3 is 2.50 bits per heavy atom. The summed E-state index contributed by atoms with van der Waals surface area (Å²) in [5.74, 6) is 0.696. The molecule has 0 saturated carbocycles.